The molecule has 0 aliphatic carbocycles. The Morgan fingerprint density at radius 1 is 1.41 bits per heavy atom. The molecule has 2 rings (SSSR count). The first-order valence-corrected chi connectivity index (χ1v) is 7.58. The monoisotopic (exact) mass is 320 g/mol. The number of aromatic amines is 1. The summed E-state index contributed by atoms with van der Waals surface area (Å²) in [6.45, 7) is 3.32. The Morgan fingerprint density at radius 2 is 2.14 bits per heavy atom. The average Bonchev–Trinajstić information content (AvgIpc) is 2.88. The van der Waals surface area contributed by atoms with Gasteiger partial charge in [0.15, 0.2) is 4.77 Å². The van der Waals surface area contributed by atoms with Gasteiger partial charge in [-0.3, -0.25) is 9.89 Å². The van der Waals surface area contributed by atoms with Crippen molar-refractivity contribution in [1.82, 2.24) is 20.1 Å². The molecule has 0 saturated heterocycles. The Balaban J connectivity index is 1.81. The molecule has 0 fully saturated rings. The molecule has 118 valence electrons. The lowest BCUT2D eigenvalue weighted by molar-refractivity contribution is -0.120. The topological polar surface area (TPSA) is 71.9 Å². The Hall–Kier alpha value is -2.15. The molecule has 1 heterocycles. The molecule has 1 aromatic heterocycles. The number of methoxy groups -OCH3 is 1. The minimum Gasteiger partial charge on any atom is -0.497 e. The van der Waals surface area contributed by atoms with Crippen LogP contribution in [0, 0.1) is 4.77 Å². The van der Waals surface area contributed by atoms with Gasteiger partial charge >= 0.3 is 0 Å². The summed E-state index contributed by atoms with van der Waals surface area (Å²) in [4.78, 5) is 11.9. The molecule has 0 saturated carbocycles. The molecule has 1 aromatic carbocycles. The molecule has 0 spiro atoms. The SMILES string of the molecule is CCn1c(CCNC(=O)Cc2ccc(OC)cc2)n[nH]c1=S. The van der Waals surface area contributed by atoms with E-state index in [9.17, 15) is 4.79 Å². The van der Waals surface area contributed by atoms with Gasteiger partial charge in [-0.25, -0.2) is 0 Å². The van der Waals surface area contributed by atoms with Crippen molar-refractivity contribution in [3.8, 4) is 5.75 Å². The normalized spacial score (nSPS) is 10.5. The van der Waals surface area contributed by atoms with Gasteiger partial charge in [0.1, 0.15) is 11.6 Å². The zero-order chi connectivity index (χ0) is 15.9. The lowest BCUT2D eigenvalue weighted by Gasteiger charge is -2.07. The van der Waals surface area contributed by atoms with Crippen LogP contribution in [0.5, 0.6) is 5.75 Å². The summed E-state index contributed by atoms with van der Waals surface area (Å²) >= 11 is 5.13. The summed E-state index contributed by atoms with van der Waals surface area (Å²) in [7, 11) is 1.62. The summed E-state index contributed by atoms with van der Waals surface area (Å²) in [6.07, 6.45) is 1.000. The highest BCUT2D eigenvalue weighted by Crippen LogP contribution is 2.11. The molecule has 0 atom stereocenters. The van der Waals surface area contributed by atoms with Crippen LogP contribution in [0.3, 0.4) is 0 Å². The third-order valence-electron chi connectivity index (χ3n) is 3.35. The minimum atomic E-state index is -0.0117. The number of ether oxygens (including phenoxy) is 1. The summed E-state index contributed by atoms with van der Waals surface area (Å²) in [5.41, 5.74) is 0.953. The number of carbonyl (C=O) groups is 1. The fraction of sp³-hybridized carbons (Fsp3) is 0.400. The van der Waals surface area contributed by atoms with Gasteiger partial charge in [0, 0.05) is 19.5 Å². The highest BCUT2D eigenvalue weighted by atomic mass is 32.1. The first-order valence-electron chi connectivity index (χ1n) is 7.17. The number of benzene rings is 1. The number of carbonyl (C=O) groups excluding carboxylic acids is 1. The van der Waals surface area contributed by atoms with E-state index in [1.807, 2.05) is 35.8 Å². The van der Waals surface area contributed by atoms with E-state index >= 15 is 0 Å². The molecule has 0 bridgehead atoms. The first-order chi connectivity index (χ1) is 10.6. The third-order valence-corrected chi connectivity index (χ3v) is 3.66. The van der Waals surface area contributed by atoms with Gasteiger partial charge in [-0.05, 0) is 36.8 Å². The van der Waals surface area contributed by atoms with Crippen LogP contribution in [0.15, 0.2) is 24.3 Å². The predicted octanol–water partition coefficient (Wildman–Crippen LogP) is 1.87. The third kappa shape index (κ3) is 4.17. The molecule has 0 aliphatic rings. The zero-order valence-electron chi connectivity index (χ0n) is 12.8. The number of nitrogens with one attached hydrogen (secondary N) is 2. The van der Waals surface area contributed by atoms with E-state index in [1.165, 1.54) is 0 Å². The van der Waals surface area contributed by atoms with E-state index in [0.717, 1.165) is 23.7 Å². The minimum absolute atomic E-state index is 0.0117. The molecule has 7 heteroatoms. The summed E-state index contributed by atoms with van der Waals surface area (Å²) in [5, 5.41) is 9.83. The van der Waals surface area contributed by atoms with Gasteiger partial charge in [-0.15, -0.1) is 0 Å². The highest BCUT2D eigenvalue weighted by Gasteiger charge is 2.06. The molecular weight excluding hydrogens is 300 g/mol. The maximum atomic E-state index is 11.9. The Bertz CT molecular complexity index is 676. The van der Waals surface area contributed by atoms with Gasteiger partial charge in [-0.1, -0.05) is 12.1 Å². The van der Waals surface area contributed by atoms with E-state index in [0.29, 0.717) is 24.2 Å². The van der Waals surface area contributed by atoms with Crippen molar-refractivity contribution in [3.63, 3.8) is 0 Å². The second-order valence-electron chi connectivity index (χ2n) is 4.81. The Morgan fingerprint density at radius 3 is 2.77 bits per heavy atom. The van der Waals surface area contributed by atoms with Crippen LogP contribution in [-0.4, -0.2) is 34.3 Å². The van der Waals surface area contributed by atoms with Crippen LogP contribution in [0.4, 0.5) is 0 Å². The largest absolute Gasteiger partial charge is 0.497 e. The molecular formula is C15H20N4O2S. The molecule has 6 nitrogen and oxygen atoms in total. The van der Waals surface area contributed by atoms with Crippen LogP contribution in [-0.2, 0) is 24.2 Å². The van der Waals surface area contributed by atoms with E-state index in [-0.39, 0.29) is 5.91 Å². The Kier molecular flexibility index (Phi) is 5.71. The van der Waals surface area contributed by atoms with Gasteiger partial charge in [0.2, 0.25) is 5.91 Å². The number of amides is 1. The van der Waals surface area contributed by atoms with E-state index in [4.69, 9.17) is 17.0 Å². The van der Waals surface area contributed by atoms with Crippen molar-refractivity contribution >= 4 is 18.1 Å². The fourth-order valence-electron chi connectivity index (χ4n) is 2.17. The summed E-state index contributed by atoms with van der Waals surface area (Å²) in [5.74, 6) is 1.63. The number of H-pyrrole nitrogens is 1. The quantitative estimate of drug-likeness (QED) is 0.764. The second kappa shape index (κ2) is 7.74. The molecule has 1 amide bonds. The standard InChI is InChI=1S/C15H20N4O2S/c1-3-19-13(17-18-15(19)22)8-9-16-14(20)10-11-4-6-12(21-2)7-5-11/h4-7H,3,8-10H2,1-2H3,(H,16,20)(H,18,22). The number of nitrogens with zero attached hydrogens (tertiary/aromatic N) is 2. The number of hydrogen-bond acceptors (Lipinski definition) is 4. The smallest absolute Gasteiger partial charge is 0.224 e. The first kappa shape index (κ1) is 16.2. The van der Waals surface area contributed by atoms with Gasteiger partial charge in [0.25, 0.3) is 0 Å². The molecule has 0 unspecified atom stereocenters. The highest BCUT2D eigenvalue weighted by molar-refractivity contribution is 7.71. The average molecular weight is 320 g/mol. The summed E-state index contributed by atoms with van der Waals surface area (Å²) < 4.78 is 7.63. The number of hydrogen-bond donors (Lipinski definition) is 2. The van der Waals surface area contributed by atoms with Crippen molar-refractivity contribution in [2.45, 2.75) is 26.3 Å². The molecule has 2 N–H and O–H groups in total. The maximum Gasteiger partial charge on any atom is 0.224 e. The van der Waals surface area contributed by atoms with E-state index in [1.54, 1.807) is 7.11 Å². The molecule has 0 radical (unpaired) electrons. The van der Waals surface area contributed by atoms with Crippen LogP contribution < -0.4 is 10.1 Å². The van der Waals surface area contributed by atoms with Gasteiger partial charge in [0.05, 0.1) is 13.5 Å². The molecule has 0 aliphatic heterocycles. The van der Waals surface area contributed by atoms with Crippen molar-refractivity contribution < 1.29 is 9.53 Å². The van der Waals surface area contributed by atoms with E-state index in [2.05, 4.69) is 15.5 Å². The van der Waals surface area contributed by atoms with Crippen LogP contribution in [0.1, 0.15) is 18.3 Å². The maximum absolute atomic E-state index is 11.9. The van der Waals surface area contributed by atoms with Crippen molar-refractivity contribution in [2.24, 2.45) is 0 Å². The van der Waals surface area contributed by atoms with Crippen molar-refractivity contribution in [2.75, 3.05) is 13.7 Å². The summed E-state index contributed by atoms with van der Waals surface area (Å²) in [6, 6.07) is 7.48. The van der Waals surface area contributed by atoms with E-state index < -0.39 is 0 Å². The molecule has 2 aromatic rings. The zero-order valence-corrected chi connectivity index (χ0v) is 13.6. The lowest BCUT2D eigenvalue weighted by atomic mass is 10.1. The van der Waals surface area contributed by atoms with Crippen molar-refractivity contribution in [3.05, 3.63) is 40.4 Å². The number of aromatic nitrogens is 3. The van der Waals surface area contributed by atoms with Gasteiger partial charge < -0.3 is 14.6 Å². The van der Waals surface area contributed by atoms with Crippen LogP contribution in [0.2, 0.25) is 0 Å². The van der Waals surface area contributed by atoms with Crippen molar-refractivity contribution in [1.29, 1.82) is 0 Å². The lowest BCUT2D eigenvalue weighted by Crippen LogP contribution is -2.27. The Labute approximate surface area is 134 Å². The van der Waals surface area contributed by atoms with Crippen LogP contribution in [0.25, 0.3) is 0 Å². The fourth-order valence-corrected chi connectivity index (χ4v) is 2.45. The van der Waals surface area contributed by atoms with Gasteiger partial charge in [-0.2, -0.15) is 5.10 Å². The molecule has 22 heavy (non-hydrogen) atoms. The second-order valence-corrected chi connectivity index (χ2v) is 5.20. The number of rotatable bonds is 7. The predicted molar refractivity (Wildman–Crippen MR) is 86.5 cm³/mol. The van der Waals surface area contributed by atoms with Crippen LogP contribution >= 0.6 is 12.2 Å².